The van der Waals surface area contributed by atoms with Gasteiger partial charge in [-0.3, -0.25) is 9.10 Å². The van der Waals surface area contributed by atoms with Crippen LogP contribution in [0.15, 0.2) is 59.5 Å². The van der Waals surface area contributed by atoms with Gasteiger partial charge in [-0.25, -0.2) is 8.42 Å². The van der Waals surface area contributed by atoms with Gasteiger partial charge < -0.3 is 19.1 Å². The van der Waals surface area contributed by atoms with E-state index in [2.05, 4.69) is 0 Å². The molecule has 36 heavy (non-hydrogen) atoms. The summed E-state index contributed by atoms with van der Waals surface area (Å²) in [5.74, 6) is 1.34. The number of amides is 1. The standard InChI is InChI=1S/C27H30N2O6S/c1-18-6-9-22(10-7-18)36(31,32)29-13-12-20-16-21(8-11-23(20)29)27(30)28(2)17-19-14-24(33-3)26(35-5)25(15-19)34-4/h6-11,14-16H,12-13,17H2,1-5H3. The van der Waals surface area contributed by atoms with Crippen LogP contribution in [0.5, 0.6) is 17.2 Å². The Morgan fingerprint density at radius 1 is 0.944 bits per heavy atom. The molecular formula is C27H30N2O6S. The maximum absolute atomic E-state index is 13.2. The minimum atomic E-state index is -3.67. The predicted molar refractivity (Wildman–Crippen MR) is 138 cm³/mol. The smallest absolute Gasteiger partial charge is 0.264 e. The number of ether oxygens (including phenoxy) is 3. The normalized spacial score (nSPS) is 12.8. The molecule has 3 aromatic carbocycles. The van der Waals surface area contributed by atoms with Crippen molar-refractivity contribution in [3.05, 3.63) is 76.9 Å². The molecule has 1 heterocycles. The Morgan fingerprint density at radius 2 is 1.58 bits per heavy atom. The van der Waals surface area contributed by atoms with Crippen molar-refractivity contribution < 1.29 is 27.4 Å². The number of hydrogen-bond donors (Lipinski definition) is 0. The number of anilines is 1. The van der Waals surface area contributed by atoms with Gasteiger partial charge in [-0.2, -0.15) is 0 Å². The first kappa shape index (κ1) is 25.4. The van der Waals surface area contributed by atoms with E-state index >= 15 is 0 Å². The van der Waals surface area contributed by atoms with E-state index in [1.54, 1.807) is 68.6 Å². The third kappa shape index (κ3) is 4.70. The second-order valence-corrected chi connectivity index (χ2v) is 10.5. The Balaban J connectivity index is 1.55. The van der Waals surface area contributed by atoms with Crippen molar-refractivity contribution in [1.29, 1.82) is 0 Å². The first-order chi connectivity index (χ1) is 17.2. The predicted octanol–water partition coefficient (Wildman–Crippen LogP) is 4.04. The number of carbonyl (C=O) groups excluding carboxylic acids is 1. The van der Waals surface area contributed by atoms with Gasteiger partial charge in [-0.1, -0.05) is 17.7 Å². The molecule has 0 atom stereocenters. The van der Waals surface area contributed by atoms with Crippen LogP contribution in [0.25, 0.3) is 0 Å². The molecule has 8 nitrogen and oxygen atoms in total. The number of aryl methyl sites for hydroxylation is 1. The topological polar surface area (TPSA) is 85.4 Å². The van der Waals surface area contributed by atoms with Crippen molar-refractivity contribution in [2.75, 3.05) is 39.2 Å². The van der Waals surface area contributed by atoms with Gasteiger partial charge in [0.25, 0.3) is 15.9 Å². The molecule has 0 bridgehead atoms. The fourth-order valence-electron chi connectivity index (χ4n) is 4.38. The van der Waals surface area contributed by atoms with Crippen LogP contribution in [0.4, 0.5) is 5.69 Å². The Labute approximate surface area is 212 Å². The Kier molecular flexibility index (Phi) is 7.12. The molecule has 0 unspecified atom stereocenters. The number of fused-ring (bicyclic) bond motifs is 1. The van der Waals surface area contributed by atoms with Crippen LogP contribution in [-0.2, 0) is 23.0 Å². The third-order valence-electron chi connectivity index (χ3n) is 6.28. The van der Waals surface area contributed by atoms with Crippen LogP contribution in [0.2, 0.25) is 0 Å². The minimum absolute atomic E-state index is 0.175. The summed E-state index contributed by atoms with van der Waals surface area (Å²) in [6.07, 6.45) is 0.540. The molecule has 1 aliphatic heterocycles. The molecule has 0 spiro atoms. The van der Waals surface area contributed by atoms with Crippen LogP contribution in [0.1, 0.15) is 27.0 Å². The zero-order valence-electron chi connectivity index (χ0n) is 21.1. The van der Waals surface area contributed by atoms with Crippen molar-refractivity contribution in [2.45, 2.75) is 24.8 Å². The molecule has 0 saturated heterocycles. The van der Waals surface area contributed by atoms with Crippen LogP contribution in [0.3, 0.4) is 0 Å². The summed E-state index contributed by atoms with van der Waals surface area (Å²) in [4.78, 5) is 15.1. The van der Waals surface area contributed by atoms with E-state index in [0.29, 0.717) is 48.0 Å². The van der Waals surface area contributed by atoms with E-state index in [4.69, 9.17) is 14.2 Å². The monoisotopic (exact) mass is 510 g/mol. The summed E-state index contributed by atoms with van der Waals surface area (Å²) in [5, 5.41) is 0. The van der Waals surface area contributed by atoms with Gasteiger partial charge in [0.15, 0.2) is 11.5 Å². The van der Waals surface area contributed by atoms with E-state index in [1.807, 2.05) is 19.1 Å². The lowest BCUT2D eigenvalue weighted by Crippen LogP contribution is -2.29. The van der Waals surface area contributed by atoms with Gasteiger partial charge >= 0.3 is 0 Å². The molecule has 1 aliphatic rings. The summed E-state index contributed by atoms with van der Waals surface area (Å²) in [7, 11) is 2.67. The average Bonchev–Trinajstić information content (AvgIpc) is 3.32. The largest absolute Gasteiger partial charge is 0.493 e. The molecule has 0 aromatic heterocycles. The van der Waals surface area contributed by atoms with E-state index in [0.717, 1.165) is 16.7 Å². The van der Waals surface area contributed by atoms with Gasteiger partial charge in [0.2, 0.25) is 5.75 Å². The molecule has 0 fully saturated rings. The molecule has 190 valence electrons. The van der Waals surface area contributed by atoms with Crippen molar-refractivity contribution in [3.63, 3.8) is 0 Å². The molecule has 0 aliphatic carbocycles. The first-order valence-electron chi connectivity index (χ1n) is 11.5. The lowest BCUT2D eigenvalue weighted by atomic mass is 10.1. The van der Waals surface area contributed by atoms with Crippen LogP contribution in [0, 0.1) is 6.92 Å². The summed E-state index contributed by atoms with van der Waals surface area (Å²) in [6.45, 7) is 2.57. The SMILES string of the molecule is COc1cc(CN(C)C(=O)c2ccc3c(c2)CCN3S(=O)(=O)c2ccc(C)cc2)cc(OC)c1OC. The number of nitrogens with zero attached hydrogens (tertiary/aromatic N) is 2. The number of benzene rings is 3. The van der Waals surface area contributed by atoms with E-state index < -0.39 is 10.0 Å². The fraction of sp³-hybridized carbons (Fsp3) is 0.296. The third-order valence-corrected chi connectivity index (χ3v) is 8.11. The van der Waals surface area contributed by atoms with Gasteiger partial charge in [0.1, 0.15) is 0 Å². The molecule has 4 rings (SSSR count). The lowest BCUT2D eigenvalue weighted by molar-refractivity contribution is 0.0784. The summed E-state index contributed by atoms with van der Waals surface area (Å²) >= 11 is 0. The second-order valence-electron chi connectivity index (χ2n) is 8.68. The lowest BCUT2D eigenvalue weighted by Gasteiger charge is -2.21. The van der Waals surface area contributed by atoms with E-state index in [9.17, 15) is 13.2 Å². The Bertz CT molecular complexity index is 1360. The molecular weight excluding hydrogens is 480 g/mol. The summed E-state index contributed by atoms with van der Waals surface area (Å²) in [5.41, 5.74) is 3.75. The van der Waals surface area contributed by atoms with Crippen LogP contribution in [-0.4, -0.2) is 54.1 Å². The number of rotatable bonds is 8. The Hall–Kier alpha value is -3.72. The fourth-order valence-corrected chi connectivity index (χ4v) is 5.89. The highest BCUT2D eigenvalue weighted by molar-refractivity contribution is 7.92. The molecule has 0 saturated carbocycles. The molecule has 3 aromatic rings. The zero-order valence-corrected chi connectivity index (χ0v) is 21.9. The van der Waals surface area contributed by atoms with E-state index in [-0.39, 0.29) is 10.8 Å². The van der Waals surface area contributed by atoms with Gasteiger partial charge in [0, 0.05) is 25.7 Å². The van der Waals surface area contributed by atoms with Crippen molar-refractivity contribution in [2.24, 2.45) is 0 Å². The maximum atomic E-state index is 13.2. The number of methoxy groups -OCH3 is 3. The molecule has 1 amide bonds. The highest BCUT2D eigenvalue weighted by Crippen LogP contribution is 2.39. The molecule has 0 radical (unpaired) electrons. The zero-order chi connectivity index (χ0) is 26.0. The van der Waals surface area contributed by atoms with Crippen molar-refractivity contribution >= 4 is 21.6 Å². The van der Waals surface area contributed by atoms with Crippen molar-refractivity contribution in [1.82, 2.24) is 4.90 Å². The summed E-state index contributed by atoms with van der Waals surface area (Å²) < 4.78 is 44.0. The van der Waals surface area contributed by atoms with Gasteiger partial charge in [-0.15, -0.1) is 0 Å². The Morgan fingerprint density at radius 3 is 2.17 bits per heavy atom. The van der Waals surface area contributed by atoms with Crippen molar-refractivity contribution in [3.8, 4) is 17.2 Å². The maximum Gasteiger partial charge on any atom is 0.264 e. The first-order valence-corrected chi connectivity index (χ1v) is 12.9. The van der Waals surface area contributed by atoms with Gasteiger partial charge in [0.05, 0.1) is 31.9 Å². The van der Waals surface area contributed by atoms with Gasteiger partial charge in [-0.05, 0) is 66.9 Å². The number of sulfonamides is 1. The number of hydrogen-bond acceptors (Lipinski definition) is 6. The highest BCUT2D eigenvalue weighted by Gasteiger charge is 2.31. The van der Waals surface area contributed by atoms with Crippen LogP contribution < -0.4 is 18.5 Å². The van der Waals surface area contributed by atoms with E-state index in [1.165, 1.54) is 11.4 Å². The minimum Gasteiger partial charge on any atom is -0.493 e. The summed E-state index contributed by atoms with van der Waals surface area (Å²) in [6, 6.07) is 15.6. The quantitative estimate of drug-likeness (QED) is 0.455. The van der Waals surface area contributed by atoms with Crippen LogP contribution >= 0.6 is 0 Å². The molecule has 9 heteroatoms. The highest BCUT2D eigenvalue weighted by atomic mass is 32.2. The molecule has 0 N–H and O–H groups in total. The average molecular weight is 511 g/mol. The number of carbonyl (C=O) groups is 1. The second kappa shape index (κ2) is 10.1.